The fourth-order valence-corrected chi connectivity index (χ4v) is 3.40. The van der Waals surface area contributed by atoms with E-state index in [1.54, 1.807) is 13.8 Å². The summed E-state index contributed by atoms with van der Waals surface area (Å²) in [6.07, 6.45) is 1.33. The van der Waals surface area contributed by atoms with Gasteiger partial charge in [-0.1, -0.05) is 38.1 Å². The molecule has 1 aliphatic rings. The van der Waals surface area contributed by atoms with Crippen LogP contribution in [0.2, 0.25) is 0 Å². The molecule has 4 nitrogen and oxygen atoms in total. The van der Waals surface area contributed by atoms with Crippen molar-refractivity contribution in [1.29, 1.82) is 5.26 Å². The number of carbonyl (C=O) groups is 1. The fraction of sp³-hybridized carbons (Fsp3) is 0.600. The Hall–Kier alpha value is -1.86. The van der Waals surface area contributed by atoms with E-state index in [2.05, 4.69) is 48.3 Å². The van der Waals surface area contributed by atoms with E-state index in [0.717, 1.165) is 23.9 Å². The number of amides is 1. The Kier molecular flexibility index (Phi) is 6.01. The van der Waals surface area contributed by atoms with Gasteiger partial charge in [0.15, 0.2) is 0 Å². The first-order valence-corrected chi connectivity index (χ1v) is 8.80. The average molecular weight is 327 g/mol. The molecular weight excluding hydrogens is 298 g/mol. The molecule has 1 aliphatic heterocycles. The Morgan fingerprint density at radius 3 is 2.29 bits per heavy atom. The zero-order valence-corrected chi connectivity index (χ0v) is 15.3. The number of nitrogens with zero attached hydrogens (tertiary/aromatic N) is 2. The van der Waals surface area contributed by atoms with Crippen LogP contribution in [0.1, 0.15) is 45.2 Å². The van der Waals surface area contributed by atoms with Crippen molar-refractivity contribution in [2.24, 2.45) is 17.3 Å². The molecule has 1 aromatic rings. The molecule has 4 heteroatoms. The molecule has 0 aromatic heterocycles. The van der Waals surface area contributed by atoms with Crippen LogP contribution in [-0.2, 0) is 17.9 Å². The van der Waals surface area contributed by atoms with Crippen molar-refractivity contribution < 1.29 is 4.79 Å². The summed E-state index contributed by atoms with van der Waals surface area (Å²) in [4.78, 5) is 14.5. The number of rotatable bonds is 5. The lowest BCUT2D eigenvalue weighted by Crippen LogP contribution is -2.38. The van der Waals surface area contributed by atoms with Crippen LogP contribution in [-0.4, -0.2) is 23.9 Å². The van der Waals surface area contributed by atoms with Crippen molar-refractivity contribution in [3.63, 3.8) is 0 Å². The zero-order chi connectivity index (χ0) is 17.7. The van der Waals surface area contributed by atoms with Gasteiger partial charge in [0.25, 0.3) is 0 Å². The maximum atomic E-state index is 11.9. The minimum atomic E-state index is -0.985. The van der Waals surface area contributed by atoms with Crippen LogP contribution in [0.5, 0.6) is 0 Å². The molecule has 24 heavy (non-hydrogen) atoms. The van der Waals surface area contributed by atoms with Gasteiger partial charge < -0.3 is 5.32 Å². The second kappa shape index (κ2) is 7.81. The van der Waals surface area contributed by atoms with Crippen LogP contribution in [0.15, 0.2) is 24.3 Å². The third-order valence-electron chi connectivity index (χ3n) is 4.67. The van der Waals surface area contributed by atoms with E-state index in [4.69, 9.17) is 5.26 Å². The van der Waals surface area contributed by atoms with E-state index in [1.165, 1.54) is 25.1 Å². The van der Waals surface area contributed by atoms with Crippen molar-refractivity contribution >= 4 is 5.91 Å². The van der Waals surface area contributed by atoms with E-state index in [9.17, 15) is 4.79 Å². The van der Waals surface area contributed by atoms with Crippen molar-refractivity contribution in [1.82, 2.24) is 10.2 Å². The van der Waals surface area contributed by atoms with Crippen molar-refractivity contribution in [2.75, 3.05) is 13.1 Å². The summed E-state index contributed by atoms with van der Waals surface area (Å²) in [5.41, 5.74) is 1.38. The van der Waals surface area contributed by atoms with E-state index < -0.39 is 5.41 Å². The second-order valence-corrected chi connectivity index (χ2v) is 7.88. The van der Waals surface area contributed by atoms with Gasteiger partial charge in [0.05, 0.1) is 6.07 Å². The molecule has 1 saturated heterocycles. The number of nitrogens with one attached hydrogen (secondary N) is 1. The third-order valence-corrected chi connectivity index (χ3v) is 4.67. The highest BCUT2D eigenvalue weighted by Crippen LogP contribution is 2.22. The standard InChI is InChI=1S/C20H29N3O/c1-15-9-16(2)12-23(11-15)13-18-7-5-17(6-8-18)10-22-19(24)20(3,4)14-21/h5-8,15-16H,9-13H2,1-4H3,(H,22,24). The Morgan fingerprint density at radius 1 is 1.21 bits per heavy atom. The van der Waals surface area contributed by atoms with Crippen LogP contribution in [0, 0.1) is 28.6 Å². The molecule has 0 bridgehead atoms. The van der Waals surface area contributed by atoms with Gasteiger partial charge in [0.2, 0.25) is 5.91 Å². The highest BCUT2D eigenvalue weighted by atomic mass is 16.2. The maximum Gasteiger partial charge on any atom is 0.240 e. The number of hydrogen-bond acceptors (Lipinski definition) is 3. The molecule has 1 amide bonds. The smallest absolute Gasteiger partial charge is 0.240 e. The first-order valence-electron chi connectivity index (χ1n) is 8.80. The molecule has 1 heterocycles. The Labute approximate surface area is 145 Å². The molecule has 2 unspecified atom stereocenters. The van der Waals surface area contributed by atoms with Gasteiger partial charge in [0, 0.05) is 26.2 Å². The van der Waals surface area contributed by atoms with Gasteiger partial charge in [0.1, 0.15) is 5.41 Å². The molecule has 0 saturated carbocycles. The third kappa shape index (κ3) is 5.07. The lowest BCUT2D eigenvalue weighted by atomic mass is 9.91. The first-order chi connectivity index (χ1) is 11.3. The normalized spacial score (nSPS) is 22.0. The van der Waals surface area contributed by atoms with E-state index >= 15 is 0 Å². The molecule has 0 aliphatic carbocycles. The summed E-state index contributed by atoms with van der Waals surface area (Å²) in [6, 6.07) is 10.4. The minimum absolute atomic E-state index is 0.231. The van der Waals surface area contributed by atoms with Crippen molar-refractivity contribution in [3.05, 3.63) is 35.4 Å². The number of likely N-dealkylation sites (tertiary alicyclic amines) is 1. The van der Waals surface area contributed by atoms with E-state index in [1.807, 2.05) is 6.07 Å². The number of piperidine rings is 1. The quantitative estimate of drug-likeness (QED) is 0.902. The first kappa shape index (κ1) is 18.5. The van der Waals surface area contributed by atoms with Crippen LogP contribution in [0.25, 0.3) is 0 Å². The predicted molar refractivity (Wildman–Crippen MR) is 95.9 cm³/mol. The predicted octanol–water partition coefficient (Wildman–Crippen LogP) is 3.33. The maximum absolute atomic E-state index is 11.9. The van der Waals surface area contributed by atoms with Crippen molar-refractivity contribution in [3.8, 4) is 6.07 Å². The van der Waals surface area contributed by atoms with Crippen LogP contribution >= 0.6 is 0 Å². The molecule has 2 rings (SSSR count). The monoisotopic (exact) mass is 327 g/mol. The van der Waals surface area contributed by atoms with Gasteiger partial charge >= 0.3 is 0 Å². The summed E-state index contributed by atoms with van der Waals surface area (Å²) in [5, 5.41) is 11.8. The minimum Gasteiger partial charge on any atom is -0.351 e. The zero-order valence-electron chi connectivity index (χ0n) is 15.3. The van der Waals surface area contributed by atoms with E-state index in [0.29, 0.717) is 6.54 Å². The lowest BCUT2D eigenvalue weighted by Gasteiger charge is -2.35. The van der Waals surface area contributed by atoms with Crippen molar-refractivity contribution in [2.45, 2.75) is 47.2 Å². The van der Waals surface area contributed by atoms with Gasteiger partial charge in [-0.05, 0) is 43.2 Å². The van der Waals surface area contributed by atoms with Crippen LogP contribution in [0.4, 0.5) is 0 Å². The van der Waals surface area contributed by atoms with Crippen LogP contribution < -0.4 is 5.32 Å². The van der Waals surface area contributed by atoms with E-state index in [-0.39, 0.29) is 5.91 Å². The Bertz CT molecular complexity index is 590. The Balaban J connectivity index is 1.87. The average Bonchev–Trinajstić information content (AvgIpc) is 2.53. The summed E-state index contributed by atoms with van der Waals surface area (Å²) in [6.45, 7) is 11.7. The summed E-state index contributed by atoms with van der Waals surface area (Å²) in [7, 11) is 0. The van der Waals surface area contributed by atoms with Crippen LogP contribution in [0.3, 0.4) is 0 Å². The summed E-state index contributed by atoms with van der Waals surface area (Å²) < 4.78 is 0. The highest BCUT2D eigenvalue weighted by molar-refractivity contribution is 5.84. The number of benzene rings is 1. The van der Waals surface area contributed by atoms with Gasteiger partial charge in [-0.2, -0.15) is 5.26 Å². The highest BCUT2D eigenvalue weighted by Gasteiger charge is 2.26. The molecule has 1 aromatic carbocycles. The topological polar surface area (TPSA) is 56.1 Å². The molecular formula is C20H29N3O. The van der Waals surface area contributed by atoms with Gasteiger partial charge in [-0.25, -0.2) is 0 Å². The lowest BCUT2D eigenvalue weighted by molar-refractivity contribution is -0.126. The second-order valence-electron chi connectivity index (χ2n) is 7.88. The van der Waals surface area contributed by atoms with Gasteiger partial charge in [-0.3, -0.25) is 9.69 Å². The molecule has 2 atom stereocenters. The SMILES string of the molecule is CC1CC(C)CN(Cc2ccc(CNC(=O)C(C)(C)C#N)cc2)C1. The summed E-state index contributed by atoms with van der Waals surface area (Å²) in [5.74, 6) is 1.31. The fourth-order valence-electron chi connectivity index (χ4n) is 3.40. The Morgan fingerprint density at radius 2 is 1.75 bits per heavy atom. The molecule has 130 valence electrons. The number of nitriles is 1. The molecule has 0 spiro atoms. The molecule has 1 fully saturated rings. The van der Waals surface area contributed by atoms with Gasteiger partial charge in [-0.15, -0.1) is 0 Å². The number of carbonyl (C=O) groups excluding carboxylic acids is 1. The summed E-state index contributed by atoms with van der Waals surface area (Å²) >= 11 is 0. The number of hydrogen-bond donors (Lipinski definition) is 1. The molecule has 1 N–H and O–H groups in total. The largest absolute Gasteiger partial charge is 0.351 e. The molecule has 0 radical (unpaired) electrons.